The third-order valence-corrected chi connectivity index (χ3v) is 3.89. The van der Waals surface area contributed by atoms with E-state index >= 15 is 0 Å². The Bertz CT molecular complexity index is 551. The second-order valence-corrected chi connectivity index (χ2v) is 5.81. The lowest BCUT2D eigenvalue weighted by Gasteiger charge is -2.13. The van der Waals surface area contributed by atoms with Gasteiger partial charge >= 0.3 is 0 Å². The second kappa shape index (κ2) is 7.10. The Balaban J connectivity index is 1.85. The fourth-order valence-corrected chi connectivity index (χ4v) is 2.91. The van der Waals surface area contributed by atoms with E-state index in [9.17, 15) is 4.79 Å². The number of hydrogen-bond donors (Lipinski definition) is 1. The minimum Gasteiger partial charge on any atom is -0.497 e. The van der Waals surface area contributed by atoms with Crippen LogP contribution >= 0.6 is 11.3 Å². The molecule has 0 bridgehead atoms. The largest absolute Gasteiger partial charge is 0.497 e. The standard InChI is InChI=1S/C16H19NO2S/c1-12(9-15-7-4-8-20-15)17-16(18)11-13-5-3-6-14(10-13)19-2/h3-8,10,12H,9,11H2,1-2H3,(H,17,18). The molecule has 0 aliphatic heterocycles. The van der Waals surface area contributed by atoms with Gasteiger partial charge in [0, 0.05) is 17.3 Å². The topological polar surface area (TPSA) is 38.3 Å². The van der Waals surface area contributed by atoms with Gasteiger partial charge in [-0.25, -0.2) is 0 Å². The van der Waals surface area contributed by atoms with Gasteiger partial charge < -0.3 is 10.1 Å². The molecule has 0 aliphatic rings. The first kappa shape index (κ1) is 14.6. The fraction of sp³-hybridized carbons (Fsp3) is 0.312. The van der Waals surface area contributed by atoms with Crippen molar-refractivity contribution < 1.29 is 9.53 Å². The number of carbonyl (C=O) groups excluding carboxylic acids is 1. The number of hydrogen-bond acceptors (Lipinski definition) is 3. The highest BCUT2D eigenvalue weighted by Gasteiger charge is 2.09. The van der Waals surface area contributed by atoms with Crippen molar-refractivity contribution >= 4 is 17.2 Å². The molecule has 106 valence electrons. The van der Waals surface area contributed by atoms with Gasteiger partial charge in [0.05, 0.1) is 13.5 Å². The molecule has 0 saturated carbocycles. The van der Waals surface area contributed by atoms with Gasteiger partial charge in [-0.1, -0.05) is 18.2 Å². The molecule has 1 N–H and O–H groups in total. The van der Waals surface area contributed by atoms with Crippen LogP contribution in [0.3, 0.4) is 0 Å². The van der Waals surface area contributed by atoms with Gasteiger partial charge in [0.15, 0.2) is 0 Å². The van der Waals surface area contributed by atoms with E-state index in [1.807, 2.05) is 37.3 Å². The Hall–Kier alpha value is -1.81. The lowest BCUT2D eigenvalue weighted by Crippen LogP contribution is -2.34. The van der Waals surface area contributed by atoms with Crippen molar-refractivity contribution in [2.45, 2.75) is 25.8 Å². The summed E-state index contributed by atoms with van der Waals surface area (Å²) >= 11 is 1.72. The van der Waals surface area contributed by atoms with E-state index in [0.29, 0.717) is 6.42 Å². The average molecular weight is 289 g/mol. The molecule has 0 radical (unpaired) electrons. The van der Waals surface area contributed by atoms with Crippen LogP contribution in [0.5, 0.6) is 5.75 Å². The van der Waals surface area contributed by atoms with Crippen LogP contribution in [0.15, 0.2) is 41.8 Å². The highest BCUT2D eigenvalue weighted by atomic mass is 32.1. The summed E-state index contributed by atoms with van der Waals surface area (Å²) in [5.41, 5.74) is 0.963. The third-order valence-electron chi connectivity index (χ3n) is 2.99. The molecule has 3 nitrogen and oxygen atoms in total. The smallest absolute Gasteiger partial charge is 0.224 e. The van der Waals surface area contributed by atoms with E-state index in [2.05, 4.69) is 16.8 Å². The van der Waals surface area contributed by atoms with Gasteiger partial charge in [-0.3, -0.25) is 4.79 Å². The molecule has 20 heavy (non-hydrogen) atoms. The molecular formula is C16H19NO2S. The number of thiophene rings is 1. The van der Waals surface area contributed by atoms with E-state index < -0.39 is 0 Å². The summed E-state index contributed by atoms with van der Waals surface area (Å²) < 4.78 is 5.16. The van der Waals surface area contributed by atoms with Crippen molar-refractivity contribution in [3.63, 3.8) is 0 Å². The lowest BCUT2D eigenvalue weighted by molar-refractivity contribution is -0.121. The van der Waals surface area contributed by atoms with Gasteiger partial charge in [-0.15, -0.1) is 11.3 Å². The molecule has 1 atom stereocenters. The van der Waals surface area contributed by atoms with Gasteiger partial charge in [0.1, 0.15) is 5.75 Å². The third kappa shape index (κ3) is 4.38. The maximum Gasteiger partial charge on any atom is 0.224 e. The monoisotopic (exact) mass is 289 g/mol. The summed E-state index contributed by atoms with van der Waals surface area (Å²) in [6.45, 7) is 2.03. The SMILES string of the molecule is COc1cccc(CC(=O)NC(C)Cc2cccs2)c1. The fourth-order valence-electron chi connectivity index (χ4n) is 2.08. The molecule has 0 aliphatic carbocycles. The zero-order valence-electron chi connectivity index (χ0n) is 11.8. The van der Waals surface area contributed by atoms with Crippen molar-refractivity contribution in [1.29, 1.82) is 0 Å². The summed E-state index contributed by atoms with van der Waals surface area (Å²) in [4.78, 5) is 13.3. The summed E-state index contributed by atoms with van der Waals surface area (Å²) in [5.74, 6) is 0.823. The second-order valence-electron chi connectivity index (χ2n) is 4.78. The molecule has 2 rings (SSSR count). The van der Waals surface area contributed by atoms with Gasteiger partial charge in [-0.05, 0) is 36.1 Å². The van der Waals surface area contributed by atoms with Crippen LogP contribution in [-0.4, -0.2) is 19.1 Å². The van der Waals surface area contributed by atoms with Gasteiger partial charge in [-0.2, -0.15) is 0 Å². The molecule has 4 heteroatoms. The minimum atomic E-state index is 0.0438. The van der Waals surface area contributed by atoms with E-state index in [1.165, 1.54) is 4.88 Å². The number of nitrogens with one attached hydrogen (secondary N) is 1. The molecule has 1 unspecified atom stereocenters. The highest BCUT2D eigenvalue weighted by molar-refractivity contribution is 7.09. The molecule has 2 aromatic rings. The average Bonchev–Trinajstić information content (AvgIpc) is 2.91. The maximum absolute atomic E-state index is 12.0. The first-order valence-electron chi connectivity index (χ1n) is 6.62. The number of carbonyl (C=O) groups is 1. The van der Waals surface area contributed by atoms with Crippen LogP contribution in [0.4, 0.5) is 0 Å². The Labute approximate surface area is 123 Å². The quantitative estimate of drug-likeness (QED) is 0.887. The van der Waals surface area contributed by atoms with Gasteiger partial charge in [0.2, 0.25) is 5.91 Å². The predicted molar refractivity (Wildman–Crippen MR) is 82.3 cm³/mol. The van der Waals surface area contributed by atoms with E-state index in [4.69, 9.17) is 4.74 Å². The molecule has 1 aromatic carbocycles. The van der Waals surface area contributed by atoms with Crippen LogP contribution in [0.1, 0.15) is 17.4 Å². The summed E-state index contributed by atoms with van der Waals surface area (Å²) in [5, 5.41) is 5.09. The van der Waals surface area contributed by atoms with Crippen LogP contribution in [-0.2, 0) is 17.6 Å². The minimum absolute atomic E-state index is 0.0438. The van der Waals surface area contributed by atoms with Crippen LogP contribution < -0.4 is 10.1 Å². The summed E-state index contributed by atoms with van der Waals surface area (Å²) in [6.07, 6.45) is 1.26. The number of benzene rings is 1. The Morgan fingerprint density at radius 2 is 2.20 bits per heavy atom. The number of methoxy groups -OCH3 is 1. The normalized spacial score (nSPS) is 11.9. The van der Waals surface area contributed by atoms with Crippen LogP contribution in [0, 0.1) is 0 Å². The first-order valence-corrected chi connectivity index (χ1v) is 7.50. The zero-order chi connectivity index (χ0) is 14.4. The van der Waals surface area contributed by atoms with E-state index in [-0.39, 0.29) is 11.9 Å². The highest BCUT2D eigenvalue weighted by Crippen LogP contribution is 2.13. The zero-order valence-corrected chi connectivity index (χ0v) is 12.6. The molecule has 1 heterocycles. The van der Waals surface area contributed by atoms with Gasteiger partial charge in [0.25, 0.3) is 0 Å². The lowest BCUT2D eigenvalue weighted by atomic mass is 10.1. The van der Waals surface area contributed by atoms with E-state index in [0.717, 1.165) is 17.7 Å². The van der Waals surface area contributed by atoms with Crippen LogP contribution in [0.25, 0.3) is 0 Å². The number of amides is 1. The molecular weight excluding hydrogens is 270 g/mol. The number of ether oxygens (including phenoxy) is 1. The molecule has 0 spiro atoms. The van der Waals surface area contributed by atoms with Crippen molar-refractivity contribution in [3.8, 4) is 5.75 Å². The molecule has 1 amide bonds. The molecule has 0 fully saturated rings. The van der Waals surface area contributed by atoms with Crippen molar-refractivity contribution in [2.75, 3.05) is 7.11 Å². The van der Waals surface area contributed by atoms with E-state index in [1.54, 1.807) is 18.4 Å². The Morgan fingerprint density at radius 3 is 2.90 bits per heavy atom. The molecule has 1 aromatic heterocycles. The van der Waals surface area contributed by atoms with Crippen LogP contribution in [0.2, 0.25) is 0 Å². The number of rotatable bonds is 6. The predicted octanol–water partition coefficient (Wildman–Crippen LogP) is 3.05. The van der Waals surface area contributed by atoms with Crippen molar-refractivity contribution in [1.82, 2.24) is 5.32 Å². The first-order chi connectivity index (χ1) is 9.67. The molecule has 0 saturated heterocycles. The Morgan fingerprint density at radius 1 is 1.35 bits per heavy atom. The summed E-state index contributed by atoms with van der Waals surface area (Å²) in [6, 6.07) is 11.9. The Kier molecular flexibility index (Phi) is 5.18. The van der Waals surface area contributed by atoms with Crippen molar-refractivity contribution in [3.05, 3.63) is 52.2 Å². The maximum atomic E-state index is 12.0. The van der Waals surface area contributed by atoms with Crippen molar-refractivity contribution in [2.24, 2.45) is 0 Å². The summed E-state index contributed by atoms with van der Waals surface area (Å²) in [7, 11) is 1.63.